The molecular formula is C23H20N8O2. The molecule has 1 amide bonds. The van der Waals surface area contributed by atoms with Crippen LogP contribution in [0.15, 0.2) is 53.5 Å². The second-order valence-electron chi connectivity index (χ2n) is 8.14. The molecule has 1 N–H and O–H groups in total. The van der Waals surface area contributed by atoms with Crippen molar-refractivity contribution in [3.05, 3.63) is 83.2 Å². The number of fused-ring (bicyclic) bond motifs is 2. The molecule has 10 nitrogen and oxygen atoms in total. The van der Waals surface area contributed by atoms with E-state index in [1.807, 2.05) is 48.8 Å². The molecule has 10 heteroatoms. The van der Waals surface area contributed by atoms with E-state index >= 15 is 0 Å². The Labute approximate surface area is 188 Å². The highest BCUT2D eigenvalue weighted by atomic mass is 16.4. The smallest absolute Gasteiger partial charge is 0.312 e. The van der Waals surface area contributed by atoms with Crippen LogP contribution in [0.1, 0.15) is 44.9 Å². The van der Waals surface area contributed by atoms with Crippen LogP contribution in [-0.2, 0) is 6.42 Å². The average Bonchev–Trinajstić information content (AvgIpc) is 3.57. The number of hydrogen-bond donors (Lipinski definition) is 1. The van der Waals surface area contributed by atoms with Gasteiger partial charge in [0.15, 0.2) is 0 Å². The van der Waals surface area contributed by atoms with Crippen molar-refractivity contribution in [1.29, 1.82) is 0 Å². The number of pyridine rings is 2. The summed E-state index contributed by atoms with van der Waals surface area (Å²) < 4.78 is 7.55. The molecule has 1 atom stereocenters. The van der Waals surface area contributed by atoms with Gasteiger partial charge in [0.05, 0.1) is 23.2 Å². The number of rotatable bonds is 3. The molecule has 1 aliphatic heterocycles. The lowest BCUT2D eigenvalue weighted by Crippen LogP contribution is -2.41. The van der Waals surface area contributed by atoms with Gasteiger partial charge in [0.25, 0.3) is 5.89 Å². The summed E-state index contributed by atoms with van der Waals surface area (Å²) in [5.41, 5.74) is 6.11. The minimum atomic E-state index is -0.473. The Morgan fingerprint density at radius 1 is 1.18 bits per heavy atom. The van der Waals surface area contributed by atoms with Crippen LogP contribution >= 0.6 is 0 Å². The lowest BCUT2D eigenvalue weighted by Gasteiger charge is -2.32. The van der Waals surface area contributed by atoms with Gasteiger partial charge in [-0.3, -0.25) is 9.78 Å². The number of aryl methyl sites for hydroxylation is 2. The van der Waals surface area contributed by atoms with Gasteiger partial charge in [0.2, 0.25) is 0 Å². The Hall–Kier alpha value is -4.34. The molecule has 0 bridgehead atoms. The monoisotopic (exact) mass is 440 g/mol. The Morgan fingerprint density at radius 2 is 2.09 bits per heavy atom. The van der Waals surface area contributed by atoms with Crippen LogP contribution in [0.3, 0.4) is 0 Å². The minimum Gasteiger partial charge on any atom is -0.411 e. The molecule has 0 aliphatic carbocycles. The zero-order valence-electron chi connectivity index (χ0n) is 18.1. The Balaban J connectivity index is 1.40. The first kappa shape index (κ1) is 19.4. The number of carbonyl (C=O) groups is 1. The molecule has 0 saturated carbocycles. The van der Waals surface area contributed by atoms with E-state index in [4.69, 9.17) is 9.52 Å². The Kier molecular flexibility index (Phi) is 4.32. The van der Waals surface area contributed by atoms with Crippen LogP contribution < -0.4 is 0 Å². The van der Waals surface area contributed by atoms with Gasteiger partial charge in [-0.25, -0.2) is 9.50 Å². The summed E-state index contributed by atoms with van der Waals surface area (Å²) in [6, 6.07) is 9.19. The molecule has 0 unspecified atom stereocenters. The number of aromatic nitrogens is 7. The third kappa shape index (κ3) is 3.18. The third-order valence-corrected chi connectivity index (χ3v) is 5.94. The van der Waals surface area contributed by atoms with E-state index < -0.39 is 6.04 Å². The zero-order valence-corrected chi connectivity index (χ0v) is 18.1. The first-order valence-corrected chi connectivity index (χ1v) is 10.6. The van der Waals surface area contributed by atoms with Crippen molar-refractivity contribution in [3.63, 3.8) is 0 Å². The fourth-order valence-electron chi connectivity index (χ4n) is 4.23. The van der Waals surface area contributed by atoms with E-state index in [-0.39, 0.29) is 17.7 Å². The molecule has 6 heterocycles. The highest BCUT2D eigenvalue weighted by molar-refractivity contribution is 5.90. The summed E-state index contributed by atoms with van der Waals surface area (Å²) in [7, 11) is 0. The zero-order chi connectivity index (χ0) is 22.5. The van der Waals surface area contributed by atoms with E-state index in [1.54, 1.807) is 23.5 Å². The highest BCUT2D eigenvalue weighted by Gasteiger charge is 2.38. The van der Waals surface area contributed by atoms with Crippen LogP contribution in [0.4, 0.5) is 0 Å². The number of aromatic amines is 1. The summed E-state index contributed by atoms with van der Waals surface area (Å²) in [6.45, 7) is 4.44. The van der Waals surface area contributed by atoms with Crippen molar-refractivity contribution < 1.29 is 9.21 Å². The summed E-state index contributed by atoms with van der Waals surface area (Å²) in [5, 5.41) is 12.8. The molecule has 0 radical (unpaired) electrons. The largest absolute Gasteiger partial charge is 0.411 e. The van der Waals surface area contributed by atoms with Crippen molar-refractivity contribution in [1.82, 2.24) is 39.7 Å². The summed E-state index contributed by atoms with van der Waals surface area (Å²) >= 11 is 0. The normalized spacial score (nSPS) is 15.7. The van der Waals surface area contributed by atoms with Gasteiger partial charge in [-0.1, -0.05) is 12.1 Å². The lowest BCUT2D eigenvalue weighted by molar-refractivity contribution is 0.0646. The number of hydrogen-bond acceptors (Lipinski definition) is 7. The first-order valence-electron chi connectivity index (χ1n) is 10.6. The number of H-pyrrole nitrogens is 1. The molecule has 0 fully saturated rings. The molecule has 0 aromatic carbocycles. The SMILES string of the molecule is Cc1ccc(-c2nnc(C(=O)N3CCc4[nH]cnc4[C@@H]3c3cc4c(C)cccn4n3)o2)nc1. The van der Waals surface area contributed by atoms with Gasteiger partial charge in [-0.2, -0.15) is 5.10 Å². The molecule has 5 aromatic rings. The predicted molar refractivity (Wildman–Crippen MR) is 117 cm³/mol. The van der Waals surface area contributed by atoms with Gasteiger partial charge in [-0.05, 0) is 43.2 Å². The van der Waals surface area contributed by atoms with Crippen molar-refractivity contribution in [2.75, 3.05) is 6.54 Å². The van der Waals surface area contributed by atoms with Crippen LogP contribution in [0.25, 0.3) is 17.1 Å². The van der Waals surface area contributed by atoms with E-state index in [0.717, 1.165) is 33.7 Å². The second-order valence-corrected chi connectivity index (χ2v) is 8.14. The van der Waals surface area contributed by atoms with Crippen LogP contribution in [0.5, 0.6) is 0 Å². The van der Waals surface area contributed by atoms with E-state index in [0.29, 0.717) is 18.7 Å². The molecular weight excluding hydrogens is 420 g/mol. The van der Waals surface area contributed by atoms with Crippen molar-refractivity contribution >= 4 is 11.4 Å². The molecule has 5 aromatic heterocycles. The fourth-order valence-corrected chi connectivity index (χ4v) is 4.23. The highest BCUT2D eigenvalue weighted by Crippen LogP contribution is 2.34. The number of amides is 1. The molecule has 33 heavy (non-hydrogen) atoms. The maximum atomic E-state index is 13.5. The van der Waals surface area contributed by atoms with Crippen molar-refractivity contribution in [2.45, 2.75) is 26.3 Å². The second kappa shape index (κ2) is 7.37. The van der Waals surface area contributed by atoms with Gasteiger partial charge < -0.3 is 14.3 Å². The van der Waals surface area contributed by atoms with Gasteiger partial charge in [0, 0.05) is 31.1 Å². The van der Waals surface area contributed by atoms with Crippen molar-refractivity contribution in [2.24, 2.45) is 0 Å². The number of nitrogens with zero attached hydrogens (tertiary/aromatic N) is 7. The number of imidazole rings is 1. The Bertz CT molecular complexity index is 1480. The summed E-state index contributed by atoms with van der Waals surface area (Å²) in [6.07, 6.45) is 5.91. The summed E-state index contributed by atoms with van der Waals surface area (Å²) in [4.78, 5) is 27.2. The first-order chi connectivity index (χ1) is 16.1. The minimum absolute atomic E-state index is 0.0868. The predicted octanol–water partition coefficient (Wildman–Crippen LogP) is 2.91. The quantitative estimate of drug-likeness (QED) is 0.458. The molecule has 0 saturated heterocycles. The third-order valence-electron chi connectivity index (χ3n) is 5.94. The number of carbonyl (C=O) groups excluding carboxylic acids is 1. The number of nitrogens with one attached hydrogen (secondary N) is 1. The fraction of sp³-hybridized carbons (Fsp3) is 0.217. The maximum Gasteiger partial charge on any atom is 0.312 e. The van der Waals surface area contributed by atoms with Crippen LogP contribution in [0.2, 0.25) is 0 Å². The molecule has 0 spiro atoms. The average molecular weight is 440 g/mol. The van der Waals surface area contributed by atoms with E-state index in [1.165, 1.54) is 0 Å². The Morgan fingerprint density at radius 3 is 2.91 bits per heavy atom. The molecule has 164 valence electrons. The standard InChI is InChI=1S/C23H20N8O2/c1-13-5-6-16(24-11-13)21-27-28-22(33-21)23(32)30-9-7-15-19(26-12-25-15)20(30)17-10-18-14(2)4-3-8-31(18)29-17/h3-6,8,10-12,20H,7,9H2,1-2H3,(H,25,26)/t20-/m0/s1. The van der Waals surface area contributed by atoms with Crippen molar-refractivity contribution in [3.8, 4) is 11.6 Å². The lowest BCUT2D eigenvalue weighted by atomic mass is 9.99. The van der Waals surface area contributed by atoms with Gasteiger partial charge in [-0.15, -0.1) is 10.2 Å². The van der Waals surface area contributed by atoms with Gasteiger partial charge in [0.1, 0.15) is 11.7 Å². The maximum absolute atomic E-state index is 13.5. The topological polar surface area (TPSA) is 118 Å². The summed E-state index contributed by atoms with van der Waals surface area (Å²) in [5.74, 6) is -0.250. The molecule has 1 aliphatic rings. The van der Waals surface area contributed by atoms with Crippen LogP contribution in [0, 0.1) is 13.8 Å². The van der Waals surface area contributed by atoms with E-state index in [9.17, 15) is 4.79 Å². The van der Waals surface area contributed by atoms with E-state index in [2.05, 4.69) is 25.1 Å². The van der Waals surface area contributed by atoms with Gasteiger partial charge >= 0.3 is 11.8 Å². The van der Waals surface area contributed by atoms with Crippen LogP contribution in [-0.4, -0.2) is 52.1 Å². The molecule has 6 rings (SSSR count).